The molecule has 1 atom stereocenters. The van der Waals surface area contributed by atoms with Gasteiger partial charge in [-0.2, -0.15) is 4.98 Å². The Balaban J connectivity index is 1.71. The van der Waals surface area contributed by atoms with E-state index in [1.54, 1.807) is 6.20 Å². The zero-order valence-electron chi connectivity index (χ0n) is 15.7. The molecule has 4 rings (SSSR count). The number of nitrogens with zero attached hydrogens (tertiary/aromatic N) is 4. The molecule has 8 nitrogen and oxygen atoms in total. The van der Waals surface area contributed by atoms with Gasteiger partial charge in [0.2, 0.25) is 5.95 Å². The quantitative estimate of drug-likeness (QED) is 0.805. The number of halogens is 1. The Labute approximate surface area is 163 Å². The van der Waals surface area contributed by atoms with E-state index in [2.05, 4.69) is 32.2 Å². The Hall–Kier alpha value is -2.06. The Morgan fingerprint density at radius 1 is 1.26 bits per heavy atom. The summed E-state index contributed by atoms with van der Waals surface area (Å²) >= 11 is 6.28. The molecule has 0 aliphatic carbocycles. The second kappa shape index (κ2) is 7.90. The number of fused-ring (bicyclic) bond motifs is 3. The molecule has 0 aromatic carbocycles. The van der Waals surface area contributed by atoms with Crippen molar-refractivity contribution >= 4 is 29.1 Å². The molecule has 2 aromatic rings. The Morgan fingerprint density at radius 2 is 2.07 bits per heavy atom. The van der Waals surface area contributed by atoms with Gasteiger partial charge in [-0.05, 0) is 26.2 Å². The van der Waals surface area contributed by atoms with Gasteiger partial charge in [0.25, 0.3) is 5.88 Å². The van der Waals surface area contributed by atoms with E-state index in [-0.39, 0.29) is 6.04 Å². The van der Waals surface area contributed by atoms with E-state index in [1.165, 1.54) is 0 Å². The topological polar surface area (TPSA) is 86.1 Å². The lowest BCUT2D eigenvalue weighted by atomic mass is 10.1. The molecule has 1 fully saturated rings. The second-order valence-corrected chi connectivity index (χ2v) is 7.36. The summed E-state index contributed by atoms with van der Waals surface area (Å²) in [6.45, 7) is 6.25. The molecule has 2 aromatic heterocycles. The van der Waals surface area contributed by atoms with E-state index in [1.807, 2.05) is 6.92 Å². The highest BCUT2D eigenvalue weighted by atomic mass is 35.5. The number of anilines is 3. The SMILES string of the molecule is CCC1CCOc2nn(C3CCOCC3)c(C)c2Nc2ncc(Cl)c(n2)N1. The van der Waals surface area contributed by atoms with Crippen LogP contribution in [0.5, 0.6) is 5.88 Å². The van der Waals surface area contributed by atoms with E-state index in [9.17, 15) is 0 Å². The van der Waals surface area contributed by atoms with Crippen LogP contribution >= 0.6 is 11.6 Å². The Kier molecular flexibility index (Phi) is 5.36. The second-order valence-electron chi connectivity index (χ2n) is 6.96. The first-order valence-corrected chi connectivity index (χ1v) is 9.89. The number of nitrogens with one attached hydrogen (secondary N) is 2. The first-order valence-electron chi connectivity index (χ1n) is 9.51. The summed E-state index contributed by atoms with van der Waals surface area (Å²) in [6.07, 6.45) is 5.28. The van der Waals surface area contributed by atoms with Crippen molar-refractivity contribution in [3.8, 4) is 5.88 Å². The number of rotatable bonds is 2. The van der Waals surface area contributed by atoms with Crippen LogP contribution in [0, 0.1) is 6.92 Å². The van der Waals surface area contributed by atoms with Crippen LogP contribution in [0.15, 0.2) is 6.20 Å². The summed E-state index contributed by atoms with van der Waals surface area (Å²) in [7, 11) is 0. The molecule has 9 heteroatoms. The molecule has 0 saturated carbocycles. The summed E-state index contributed by atoms with van der Waals surface area (Å²) in [6, 6.07) is 0.529. The summed E-state index contributed by atoms with van der Waals surface area (Å²) < 4.78 is 13.6. The third-order valence-electron chi connectivity index (χ3n) is 5.17. The van der Waals surface area contributed by atoms with E-state index in [4.69, 9.17) is 26.2 Å². The molecule has 0 amide bonds. The Bertz CT molecular complexity index is 805. The first-order chi connectivity index (χ1) is 13.2. The van der Waals surface area contributed by atoms with Crippen molar-refractivity contribution in [3.63, 3.8) is 0 Å². The molecule has 2 bridgehead atoms. The van der Waals surface area contributed by atoms with Crippen molar-refractivity contribution in [2.45, 2.75) is 51.6 Å². The summed E-state index contributed by atoms with van der Waals surface area (Å²) in [5.74, 6) is 1.70. The zero-order valence-corrected chi connectivity index (χ0v) is 16.4. The van der Waals surface area contributed by atoms with Crippen LogP contribution in [0.25, 0.3) is 0 Å². The van der Waals surface area contributed by atoms with E-state index in [0.29, 0.717) is 35.3 Å². The monoisotopic (exact) mass is 392 g/mol. The molecule has 2 aliphatic heterocycles. The maximum atomic E-state index is 6.28. The predicted octanol–water partition coefficient (Wildman–Crippen LogP) is 3.70. The van der Waals surface area contributed by atoms with Gasteiger partial charge in [-0.3, -0.25) is 4.68 Å². The van der Waals surface area contributed by atoms with Crippen molar-refractivity contribution in [2.75, 3.05) is 30.5 Å². The van der Waals surface area contributed by atoms with Gasteiger partial charge in [0.1, 0.15) is 10.7 Å². The lowest BCUT2D eigenvalue weighted by Gasteiger charge is -2.23. The van der Waals surface area contributed by atoms with Crippen molar-refractivity contribution in [2.24, 2.45) is 0 Å². The number of aromatic nitrogens is 4. The number of ether oxygens (including phenoxy) is 2. The van der Waals surface area contributed by atoms with E-state index < -0.39 is 0 Å². The van der Waals surface area contributed by atoms with Gasteiger partial charge in [-0.1, -0.05) is 18.5 Å². The lowest BCUT2D eigenvalue weighted by Crippen LogP contribution is -2.23. The standard InChI is InChI=1S/C18H25ClN6O2/c1-3-12-4-9-27-17-15(22-18-20-10-14(19)16(21-12)23-18)11(2)25(24-17)13-5-7-26-8-6-13/h10,12-13H,3-9H2,1-2H3,(H2,20,21,22,23). The van der Waals surface area contributed by atoms with Gasteiger partial charge in [-0.15, -0.1) is 5.10 Å². The summed E-state index contributed by atoms with van der Waals surface area (Å²) in [5.41, 5.74) is 1.82. The fraction of sp³-hybridized carbons (Fsp3) is 0.611. The van der Waals surface area contributed by atoms with Crippen molar-refractivity contribution in [3.05, 3.63) is 16.9 Å². The molecule has 2 N–H and O–H groups in total. The van der Waals surface area contributed by atoms with Crippen LogP contribution in [0.4, 0.5) is 17.5 Å². The molecule has 27 heavy (non-hydrogen) atoms. The van der Waals surface area contributed by atoms with Crippen molar-refractivity contribution in [1.82, 2.24) is 19.7 Å². The maximum Gasteiger partial charge on any atom is 0.257 e. The van der Waals surface area contributed by atoms with Crippen LogP contribution in [-0.4, -0.2) is 45.6 Å². The molecule has 1 unspecified atom stereocenters. The molecule has 146 valence electrons. The zero-order chi connectivity index (χ0) is 18.8. The van der Waals surface area contributed by atoms with Crippen LogP contribution in [0.1, 0.15) is 44.3 Å². The average molecular weight is 393 g/mol. The van der Waals surface area contributed by atoms with Crippen molar-refractivity contribution in [1.29, 1.82) is 0 Å². The third-order valence-corrected chi connectivity index (χ3v) is 5.45. The summed E-state index contributed by atoms with van der Waals surface area (Å²) in [5, 5.41) is 11.9. The van der Waals surface area contributed by atoms with Gasteiger partial charge in [0.05, 0.1) is 24.5 Å². The van der Waals surface area contributed by atoms with Gasteiger partial charge in [0, 0.05) is 25.7 Å². The number of hydrogen-bond donors (Lipinski definition) is 2. The van der Waals surface area contributed by atoms with Crippen molar-refractivity contribution < 1.29 is 9.47 Å². The Morgan fingerprint density at radius 3 is 2.85 bits per heavy atom. The van der Waals surface area contributed by atoms with E-state index in [0.717, 1.165) is 50.3 Å². The highest BCUT2D eigenvalue weighted by molar-refractivity contribution is 6.32. The third kappa shape index (κ3) is 3.82. The van der Waals surface area contributed by atoms with Crippen LogP contribution in [-0.2, 0) is 4.74 Å². The number of hydrogen-bond acceptors (Lipinski definition) is 7. The van der Waals surface area contributed by atoms with Gasteiger partial charge < -0.3 is 20.1 Å². The fourth-order valence-electron chi connectivity index (χ4n) is 3.53. The molecule has 0 radical (unpaired) electrons. The van der Waals surface area contributed by atoms with E-state index >= 15 is 0 Å². The maximum absolute atomic E-state index is 6.28. The minimum Gasteiger partial charge on any atom is -0.475 e. The minimum absolute atomic E-state index is 0.213. The molecule has 2 aliphatic rings. The molecule has 1 saturated heterocycles. The minimum atomic E-state index is 0.213. The molecular weight excluding hydrogens is 368 g/mol. The van der Waals surface area contributed by atoms with Crippen LogP contribution in [0.3, 0.4) is 0 Å². The summed E-state index contributed by atoms with van der Waals surface area (Å²) in [4.78, 5) is 8.88. The van der Waals surface area contributed by atoms with Gasteiger partial charge in [-0.25, -0.2) is 4.98 Å². The lowest BCUT2D eigenvalue weighted by molar-refractivity contribution is 0.0652. The fourth-order valence-corrected chi connectivity index (χ4v) is 3.68. The molecule has 0 spiro atoms. The predicted molar refractivity (Wildman–Crippen MR) is 104 cm³/mol. The van der Waals surface area contributed by atoms with Crippen LogP contribution < -0.4 is 15.4 Å². The molecule has 4 heterocycles. The van der Waals surface area contributed by atoms with Gasteiger partial charge in [0.15, 0.2) is 5.82 Å². The smallest absolute Gasteiger partial charge is 0.257 e. The molecular formula is C18H25ClN6O2. The first kappa shape index (κ1) is 18.3. The van der Waals surface area contributed by atoms with Gasteiger partial charge >= 0.3 is 0 Å². The highest BCUT2D eigenvalue weighted by Gasteiger charge is 2.25. The van der Waals surface area contributed by atoms with Crippen LogP contribution in [0.2, 0.25) is 5.02 Å². The normalized spacial score (nSPS) is 20.6. The average Bonchev–Trinajstić information content (AvgIpc) is 2.98. The largest absolute Gasteiger partial charge is 0.475 e. The highest BCUT2D eigenvalue weighted by Crippen LogP contribution is 2.35.